The summed E-state index contributed by atoms with van der Waals surface area (Å²) < 4.78 is 11.5. The zero-order valence-electron chi connectivity index (χ0n) is 17.8. The van der Waals surface area contributed by atoms with Crippen molar-refractivity contribution in [3.8, 4) is 5.75 Å². The van der Waals surface area contributed by atoms with Crippen LogP contribution in [0.5, 0.6) is 5.75 Å². The molecule has 7 nitrogen and oxygen atoms in total. The number of hydrogen-bond donors (Lipinski definition) is 1. The van der Waals surface area contributed by atoms with Crippen LogP contribution in [0.4, 0.5) is 0 Å². The number of amides is 1. The summed E-state index contributed by atoms with van der Waals surface area (Å²) in [5.74, 6) is -0.577. The highest BCUT2D eigenvalue weighted by Crippen LogP contribution is 2.36. The minimum absolute atomic E-state index is 0.0253. The number of carboxylic acids is 1. The second-order valence-corrected chi connectivity index (χ2v) is 8.52. The normalized spacial score (nSPS) is 14.8. The van der Waals surface area contributed by atoms with E-state index in [1.165, 1.54) is 0 Å². The minimum Gasteiger partial charge on any atom is -0.550 e. The van der Waals surface area contributed by atoms with Crippen LogP contribution in [0.2, 0.25) is 0 Å². The summed E-state index contributed by atoms with van der Waals surface area (Å²) in [6.07, 6.45) is 3.64. The molecule has 0 spiro atoms. The van der Waals surface area contributed by atoms with E-state index in [1.54, 1.807) is 6.07 Å². The number of hydrogen-bond acceptors (Lipinski definition) is 6. The van der Waals surface area contributed by atoms with Crippen molar-refractivity contribution in [3.05, 3.63) is 39.2 Å². The van der Waals surface area contributed by atoms with Crippen LogP contribution in [0.3, 0.4) is 0 Å². The van der Waals surface area contributed by atoms with E-state index in [-0.39, 0.29) is 24.3 Å². The number of ether oxygens (including phenoxy) is 1. The summed E-state index contributed by atoms with van der Waals surface area (Å²) in [7, 11) is 0. The highest BCUT2D eigenvalue weighted by molar-refractivity contribution is 5.86. The minimum atomic E-state index is -1.06. The Morgan fingerprint density at radius 2 is 1.97 bits per heavy atom. The molecule has 0 unspecified atom stereocenters. The molecular weight excluding hydrogens is 386 g/mol. The zero-order chi connectivity index (χ0) is 21.9. The van der Waals surface area contributed by atoms with E-state index in [9.17, 15) is 19.5 Å². The van der Waals surface area contributed by atoms with Crippen LogP contribution >= 0.6 is 0 Å². The van der Waals surface area contributed by atoms with Gasteiger partial charge in [0.25, 0.3) is 0 Å². The van der Waals surface area contributed by atoms with Gasteiger partial charge in [-0.2, -0.15) is 0 Å². The summed E-state index contributed by atoms with van der Waals surface area (Å²) in [6.45, 7) is 6.34. The Bertz CT molecular complexity index is 1020. The van der Waals surface area contributed by atoms with Gasteiger partial charge in [-0.05, 0) is 70.1 Å². The second kappa shape index (κ2) is 8.90. The fraction of sp³-hybridized carbons (Fsp3) is 0.522. The van der Waals surface area contributed by atoms with Gasteiger partial charge in [0.05, 0.1) is 12.0 Å². The largest absolute Gasteiger partial charge is 0.550 e. The maximum absolute atomic E-state index is 12.5. The molecule has 2 heterocycles. The highest BCUT2D eigenvalue weighted by Gasteiger charge is 2.27. The zero-order valence-corrected chi connectivity index (χ0v) is 17.8. The lowest BCUT2D eigenvalue weighted by molar-refractivity contribution is -0.305. The Morgan fingerprint density at radius 1 is 1.20 bits per heavy atom. The summed E-state index contributed by atoms with van der Waals surface area (Å²) in [4.78, 5) is 35.2. The van der Waals surface area contributed by atoms with Crippen LogP contribution in [0.15, 0.2) is 21.3 Å². The van der Waals surface area contributed by atoms with Gasteiger partial charge in [-0.3, -0.25) is 4.79 Å². The second-order valence-electron chi connectivity index (χ2n) is 8.52. The van der Waals surface area contributed by atoms with E-state index in [0.717, 1.165) is 35.1 Å². The first-order valence-electron chi connectivity index (χ1n) is 10.4. The molecule has 1 amide bonds. The molecule has 3 rings (SSSR count). The third-order valence-electron chi connectivity index (χ3n) is 5.57. The predicted molar refractivity (Wildman–Crippen MR) is 110 cm³/mol. The number of fused-ring (bicyclic) bond motifs is 2. The van der Waals surface area contributed by atoms with Crippen molar-refractivity contribution in [2.24, 2.45) is 0 Å². The molecule has 2 aromatic rings. The molecular formula is C23H28NO6-. The maximum atomic E-state index is 12.5. The average Bonchev–Trinajstić information content (AvgIpc) is 2.66. The number of carbonyl (C=O) groups excluding carboxylic acids is 2. The molecule has 7 heteroatoms. The Kier molecular flexibility index (Phi) is 6.48. The molecule has 0 atom stereocenters. The van der Waals surface area contributed by atoms with E-state index < -0.39 is 11.6 Å². The summed E-state index contributed by atoms with van der Waals surface area (Å²) in [6, 6.07) is 3.77. The molecule has 1 aromatic heterocycles. The average molecular weight is 414 g/mol. The molecule has 1 N–H and O–H groups in total. The van der Waals surface area contributed by atoms with E-state index in [1.807, 2.05) is 26.8 Å². The smallest absolute Gasteiger partial charge is 0.340 e. The van der Waals surface area contributed by atoms with Crippen molar-refractivity contribution in [2.45, 2.75) is 71.3 Å². The van der Waals surface area contributed by atoms with Crippen LogP contribution in [-0.2, 0) is 22.4 Å². The Labute approximate surface area is 175 Å². The summed E-state index contributed by atoms with van der Waals surface area (Å²) >= 11 is 0. The van der Waals surface area contributed by atoms with Crippen LogP contribution in [-0.4, -0.2) is 24.0 Å². The number of carboxylic acid groups (broad SMARTS) is 1. The van der Waals surface area contributed by atoms with Gasteiger partial charge in [0.1, 0.15) is 16.9 Å². The van der Waals surface area contributed by atoms with E-state index in [4.69, 9.17) is 9.15 Å². The number of benzene rings is 1. The van der Waals surface area contributed by atoms with Crippen molar-refractivity contribution in [3.63, 3.8) is 0 Å². The molecule has 0 bridgehead atoms. The number of carbonyl (C=O) groups is 2. The fourth-order valence-electron chi connectivity index (χ4n) is 3.76. The van der Waals surface area contributed by atoms with Crippen LogP contribution in [0, 0.1) is 6.92 Å². The van der Waals surface area contributed by atoms with Gasteiger partial charge in [0.15, 0.2) is 0 Å². The third kappa shape index (κ3) is 5.20. The van der Waals surface area contributed by atoms with Gasteiger partial charge in [-0.25, -0.2) is 4.79 Å². The van der Waals surface area contributed by atoms with E-state index in [0.29, 0.717) is 37.0 Å². The summed E-state index contributed by atoms with van der Waals surface area (Å²) in [5.41, 5.74) is 1.88. The van der Waals surface area contributed by atoms with Gasteiger partial charge >= 0.3 is 5.63 Å². The molecule has 30 heavy (non-hydrogen) atoms. The molecule has 1 aromatic carbocycles. The molecule has 162 valence electrons. The van der Waals surface area contributed by atoms with Gasteiger partial charge in [-0.1, -0.05) is 6.42 Å². The van der Waals surface area contributed by atoms with Crippen molar-refractivity contribution in [2.75, 3.05) is 6.54 Å². The lowest BCUT2D eigenvalue weighted by atomic mass is 9.92. The quantitative estimate of drug-likeness (QED) is 0.524. The number of aryl methyl sites for hydroxylation is 2. The van der Waals surface area contributed by atoms with Crippen LogP contribution in [0.1, 0.15) is 62.6 Å². The van der Waals surface area contributed by atoms with Crippen molar-refractivity contribution in [1.29, 1.82) is 0 Å². The highest BCUT2D eigenvalue weighted by atomic mass is 16.5. The molecule has 0 radical (unpaired) electrons. The van der Waals surface area contributed by atoms with E-state index in [2.05, 4.69) is 5.32 Å². The molecule has 0 aliphatic carbocycles. The van der Waals surface area contributed by atoms with E-state index >= 15 is 0 Å². The van der Waals surface area contributed by atoms with Crippen LogP contribution in [0.25, 0.3) is 11.0 Å². The maximum Gasteiger partial charge on any atom is 0.340 e. The SMILES string of the molecule is Cc1c(CC(=O)NCCCCCC(=O)[O-])c(=O)oc2cc3c(cc12)CCC(C)(C)O3. The fourth-order valence-corrected chi connectivity index (χ4v) is 3.76. The lowest BCUT2D eigenvalue weighted by Gasteiger charge is -2.32. The standard InChI is InChI=1S/C23H29NO6/c1-14-16-11-15-8-9-23(2,3)30-18(15)13-19(16)29-22(28)17(14)12-20(25)24-10-6-4-5-7-21(26)27/h11,13H,4-10,12H2,1-3H3,(H,24,25)(H,26,27)/p-1. The number of rotatable bonds is 8. The molecule has 1 aliphatic heterocycles. The topological polar surface area (TPSA) is 109 Å². The lowest BCUT2D eigenvalue weighted by Crippen LogP contribution is -2.32. The Balaban J connectivity index is 1.70. The first kappa shape index (κ1) is 21.9. The Hall–Kier alpha value is -2.83. The molecule has 0 fully saturated rings. The van der Waals surface area contributed by atoms with Gasteiger partial charge in [0.2, 0.25) is 5.91 Å². The number of aliphatic carboxylic acids is 1. The summed E-state index contributed by atoms with van der Waals surface area (Å²) in [5, 5.41) is 14.0. The van der Waals surface area contributed by atoms with Crippen molar-refractivity contribution < 1.29 is 23.8 Å². The first-order valence-corrected chi connectivity index (χ1v) is 10.4. The third-order valence-corrected chi connectivity index (χ3v) is 5.57. The van der Waals surface area contributed by atoms with Crippen LogP contribution < -0.4 is 20.8 Å². The first-order chi connectivity index (χ1) is 14.2. The van der Waals surface area contributed by atoms with Gasteiger partial charge < -0.3 is 24.4 Å². The monoisotopic (exact) mass is 414 g/mol. The predicted octanol–water partition coefficient (Wildman–Crippen LogP) is 2.17. The molecule has 0 saturated carbocycles. The van der Waals surface area contributed by atoms with Crippen molar-refractivity contribution >= 4 is 22.8 Å². The van der Waals surface area contributed by atoms with Crippen molar-refractivity contribution in [1.82, 2.24) is 5.32 Å². The molecule has 1 aliphatic rings. The Morgan fingerprint density at radius 3 is 2.70 bits per heavy atom. The van der Waals surface area contributed by atoms with Gasteiger partial charge in [-0.15, -0.1) is 0 Å². The van der Waals surface area contributed by atoms with Gasteiger partial charge in [0, 0.05) is 24.0 Å². The number of unbranched alkanes of at least 4 members (excludes halogenated alkanes) is 2. The number of nitrogens with one attached hydrogen (secondary N) is 1. The molecule has 0 saturated heterocycles.